The summed E-state index contributed by atoms with van der Waals surface area (Å²) in [4.78, 5) is 30.8. The van der Waals surface area contributed by atoms with Crippen LogP contribution in [0.15, 0.2) is 29.1 Å². The Kier molecular flexibility index (Phi) is 6.19. The first-order chi connectivity index (χ1) is 14.1. The number of H-pyrrole nitrogens is 1. The maximum Gasteiger partial charge on any atom is 0.253 e. The number of amides is 1. The minimum Gasteiger partial charge on any atom is -0.497 e. The zero-order valence-corrected chi connectivity index (χ0v) is 17.1. The fraction of sp³-hybridized carbons (Fsp3) is 0.565. The molecule has 1 aromatic carbocycles. The smallest absolute Gasteiger partial charge is 0.253 e. The van der Waals surface area contributed by atoms with Gasteiger partial charge in [-0.25, -0.2) is 0 Å². The molecule has 1 atom stereocenters. The van der Waals surface area contributed by atoms with Crippen LogP contribution in [0.3, 0.4) is 0 Å². The number of pyridine rings is 1. The number of nitrogens with zero attached hydrogens (tertiary/aromatic N) is 1. The Morgan fingerprint density at radius 3 is 2.72 bits per heavy atom. The Balaban J connectivity index is 1.59. The lowest BCUT2D eigenvalue weighted by Crippen LogP contribution is -2.42. The monoisotopic (exact) mass is 398 g/mol. The summed E-state index contributed by atoms with van der Waals surface area (Å²) < 4.78 is 11.0. The average molecular weight is 399 g/mol. The van der Waals surface area contributed by atoms with Gasteiger partial charge in [-0.3, -0.25) is 9.59 Å². The zero-order chi connectivity index (χ0) is 20.2. The summed E-state index contributed by atoms with van der Waals surface area (Å²) in [6.07, 6.45) is 7.43. The van der Waals surface area contributed by atoms with E-state index in [1.54, 1.807) is 7.11 Å². The summed E-state index contributed by atoms with van der Waals surface area (Å²) in [6.45, 7) is 1.65. The molecule has 6 heteroatoms. The number of hydrogen-bond donors (Lipinski definition) is 1. The maximum absolute atomic E-state index is 13.3. The van der Waals surface area contributed by atoms with Crippen LogP contribution in [0.5, 0.6) is 5.75 Å². The van der Waals surface area contributed by atoms with Crippen molar-refractivity contribution in [2.45, 2.75) is 57.6 Å². The first kappa shape index (κ1) is 20.0. The Hall–Kier alpha value is -2.34. The van der Waals surface area contributed by atoms with Crippen molar-refractivity contribution in [1.29, 1.82) is 0 Å². The number of hydrogen-bond acceptors (Lipinski definition) is 4. The molecule has 2 heterocycles. The molecular weight excluding hydrogens is 368 g/mol. The maximum atomic E-state index is 13.3. The predicted molar refractivity (Wildman–Crippen MR) is 112 cm³/mol. The molecule has 1 aliphatic heterocycles. The van der Waals surface area contributed by atoms with Gasteiger partial charge >= 0.3 is 0 Å². The van der Waals surface area contributed by atoms with E-state index in [1.165, 1.54) is 6.42 Å². The van der Waals surface area contributed by atoms with E-state index < -0.39 is 0 Å². The average Bonchev–Trinajstić information content (AvgIpc) is 3.26. The van der Waals surface area contributed by atoms with Crippen molar-refractivity contribution < 1.29 is 14.3 Å². The van der Waals surface area contributed by atoms with E-state index in [0.29, 0.717) is 24.4 Å². The van der Waals surface area contributed by atoms with E-state index in [0.717, 1.165) is 56.0 Å². The van der Waals surface area contributed by atoms with Crippen molar-refractivity contribution in [3.8, 4) is 5.75 Å². The molecule has 156 valence electrons. The SMILES string of the molecule is COc1ccc2cc(CN(CC3CCCO3)C(=O)C3CCCCC3)c(=O)[nH]c2c1. The van der Waals surface area contributed by atoms with Crippen LogP contribution in [0.1, 0.15) is 50.5 Å². The van der Waals surface area contributed by atoms with Crippen LogP contribution in [-0.2, 0) is 16.1 Å². The molecule has 1 saturated heterocycles. The second kappa shape index (κ2) is 8.99. The zero-order valence-electron chi connectivity index (χ0n) is 17.1. The van der Waals surface area contributed by atoms with Gasteiger partial charge in [0.2, 0.25) is 5.91 Å². The number of rotatable bonds is 6. The second-order valence-corrected chi connectivity index (χ2v) is 8.27. The van der Waals surface area contributed by atoms with Crippen molar-refractivity contribution in [2.24, 2.45) is 5.92 Å². The largest absolute Gasteiger partial charge is 0.497 e. The lowest BCUT2D eigenvalue weighted by atomic mass is 9.88. The Labute approximate surface area is 171 Å². The number of carbonyl (C=O) groups is 1. The summed E-state index contributed by atoms with van der Waals surface area (Å²) in [5, 5.41) is 0.933. The molecule has 6 nitrogen and oxygen atoms in total. The molecule has 1 N–H and O–H groups in total. The molecule has 2 fully saturated rings. The van der Waals surface area contributed by atoms with E-state index in [9.17, 15) is 9.59 Å². The number of fused-ring (bicyclic) bond motifs is 1. The van der Waals surface area contributed by atoms with E-state index in [-0.39, 0.29) is 23.5 Å². The molecule has 0 radical (unpaired) electrons. The van der Waals surface area contributed by atoms with Crippen LogP contribution in [-0.4, -0.2) is 42.2 Å². The van der Waals surface area contributed by atoms with Gasteiger partial charge in [0, 0.05) is 30.7 Å². The summed E-state index contributed by atoms with van der Waals surface area (Å²) in [5.41, 5.74) is 1.20. The van der Waals surface area contributed by atoms with Gasteiger partial charge in [-0.2, -0.15) is 0 Å². The van der Waals surface area contributed by atoms with Crippen molar-refractivity contribution in [3.05, 3.63) is 40.2 Å². The summed E-state index contributed by atoms with van der Waals surface area (Å²) in [5.74, 6) is 0.955. The van der Waals surface area contributed by atoms with Gasteiger partial charge in [-0.05, 0) is 49.3 Å². The highest BCUT2D eigenvalue weighted by atomic mass is 16.5. The van der Waals surface area contributed by atoms with Gasteiger partial charge in [0.15, 0.2) is 0 Å². The van der Waals surface area contributed by atoms with Gasteiger partial charge in [0.25, 0.3) is 5.56 Å². The molecule has 0 bridgehead atoms. The highest BCUT2D eigenvalue weighted by molar-refractivity contribution is 5.81. The third-order valence-corrected chi connectivity index (χ3v) is 6.21. The van der Waals surface area contributed by atoms with Crippen molar-refractivity contribution in [1.82, 2.24) is 9.88 Å². The number of methoxy groups -OCH3 is 1. The van der Waals surface area contributed by atoms with Crippen molar-refractivity contribution >= 4 is 16.8 Å². The van der Waals surface area contributed by atoms with Crippen LogP contribution in [0.25, 0.3) is 10.9 Å². The molecule has 0 spiro atoms. The number of nitrogens with one attached hydrogen (secondary N) is 1. The third-order valence-electron chi connectivity index (χ3n) is 6.21. The first-order valence-corrected chi connectivity index (χ1v) is 10.7. The number of ether oxygens (including phenoxy) is 2. The second-order valence-electron chi connectivity index (χ2n) is 8.27. The fourth-order valence-electron chi connectivity index (χ4n) is 4.55. The van der Waals surface area contributed by atoms with Gasteiger partial charge in [0.1, 0.15) is 5.75 Å². The fourth-order valence-corrected chi connectivity index (χ4v) is 4.55. The lowest BCUT2D eigenvalue weighted by molar-refractivity contribution is -0.138. The molecular formula is C23H30N2O4. The molecule has 1 saturated carbocycles. The van der Waals surface area contributed by atoms with E-state index in [4.69, 9.17) is 9.47 Å². The minimum absolute atomic E-state index is 0.0753. The van der Waals surface area contributed by atoms with Gasteiger partial charge in [-0.1, -0.05) is 19.3 Å². The van der Waals surface area contributed by atoms with Crippen molar-refractivity contribution in [2.75, 3.05) is 20.3 Å². The summed E-state index contributed by atoms with van der Waals surface area (Å²) >= 11 is 0. The first-order valence-electron chi connectivity index (χ1n) is 10.7. The Morgan fingerprint density at radius 1 is 1.17 bits per heavy atom. The van der Waals surface area contributed by atoms with Crippen LogP contribution >= 0.6 is 0 Å². The highest BCUT2D eigenvalue weighted by Crippen LogP contribution is 2.27. The Morgan fingerprint density at radius 2 is 2.00 bits per heavy atom. The van der Waals surface area contributed by atoms with Gasteiger partial charge < -0.3 is 19.4 Å². The lowest BCUT2D eigenvalue weighted by Gasteiger charge is -2.31. The summed E-state index contributed by atoms with van der Waals surface area (Å²) in [7, 11) is 1.60. The number of aromatic nitrogens is 1. The third kappa shape index (κ3) is 4.64. The molecule has 29 heavy (non-hydrogen) atoms. The Bertz CT molecular complexity index is 911. The van der Waals surface area contributed by atoms with E-state index in [1.807, 2.05) is 29.2 Å². The van der Waals surface area contributed by atoms with Crippen LogP contribution in [0.4, 0.5) is 0 Å². The van der Waals surface area contributed by atoms with Crippen molar-refractivity contribution in [3.63, 3.8) is 0 Å². The number of carbonyl (C=O) groups excluding carboxylic acids is 1. The van der Waals surface area contributed by atoms with E-state index >= 15 is 0 Å². The number of aromatic amines is 1. The molecule has 4 rings (SSSR count). The van der Waals surface area contributed by atoms with Gasteiger partial charge in [0.05, 0.1) is 25.3 Å². The van der Waals surface area contributed by atoms with Gasteiger partial charge in [-0.15, -0.1) is 0 Å². The standard InChI is InChI=1S/C23H30N2O4/c1-28-19-10-9-17-12-18(22(26)24-21(17)13-19)14-25(15-20-8-5-11-29-20)23(27)16-6-3-2-4-7-16/h9-10,12-13,16,20H,2-8,11,14-15H2,1H3,(H,24,26). The molecule has 2 aromatic rings. The predicted octanol–water partition coefficient (Wildman–Crippen LogP) is 3.62. The summed E-state index contributed by atoms with van der Waals surface area (Å²) in [6, 6.07) is 7.52. The van der Waals surface area contributed by atoms with Crippen LogP contribution in [0.2, 0.25) is 0 Å². The normalized spacial score (nSPS) is 20.1. The molecule has 1 aliphatic carbocycles. The highest BCUT2D eigenvalue weighted by Gasteiger charge is 2.29. The van der Waals surface area contributed by atoms with Crippen LogP contribution < -0.4 is 10.3 Å². The molecule has 1 unspecified atom stereocenters. The topological polar surface area (TPSA) is 71.6 Å². The minimum atomic E-state index is -0.153. The van der Waals surface area contributed by atoms with Crippen LogP contribution in [0, 0.1) is 5.92 Å². The molecule has 1 aromatic heterocycles. The van der Waals surface area contributed by atoms with E-state index in [2.05, 4.69) is 4.98 Å². The molecule has 1 amide bonds. The number of benzene rings is 1. The molecule has 2 aliphatic rings. The quantitative estimate of drug-likeness (QED) is 0.807.